The molecular formula is C50H33NO. The van der Waals surface area contributed by atoms with E-state index in [9.17, 15) is 1.37 Å². The molecule has 0 fully saturated rings. The number of benzene rings is 9. The van der Waals surface area contributed by atoms with E-state index in [4.69, 9.17) is 15.4 Å². The normalized spacial score (nSPS) is 13.9. The Hall–Kier alpha value is -6.90. The van der Waals surface area contributed by atoms with Crippen LogP contribution in [0.2, 0.25) is 0 Å². The average Bonchev–Trinajstić information content (AvgIpc) is 3.69. The molecule has 0 saturated carbocycles. The third-order valence-corrected chi connectivity index (χ3v) is 9.58. The summed E-state index contributed by atoms with van der Waals surface area (Å²) in [5, 5.41) is 4.12. The minimum Gasteiger partial charge on any atom is -0.456 e. The highest BCUT2D eigenvalue weighted by Gasteiger charge is 2.15. The molecule has 2 heteroatoms. The molecule has 0 aliphatic rings. The molecule has 10 rings (SSSR count). The van der Waals surface area contributed by atoms with Gasteiger partial charge in [-0.1, -0.05) is 139 Å². The van der Waals surface area contributed by atoms with Crippen LogP contribution >= 0.6 is 0 Å². The van der Waals surface area contributed by atoms with Gasteiger partial charge in [0.2, 0.25) is 0 Å². The topological polar surface area (TPSA) is 16.4 Å². The highest BCUT2D eigenvalue weighted by atomic mass is 16.3. The van der Waals surface area contributed by atoms with Gasteiger partial charge < -0.3 is 9.32 Å². The molecule has 0 aliphatic carbocycles. The van der Waals surface area contributed by atoms with E-state index in [1.54, 1.807) is 35.2 Å². The van der Waals surface area contributed by atoms with Gasteiger partial charge in [-0.05, 0) is 115 Å². The summed E-state index contributed by atoms with van der Waals surface area (Å²) in [5.41, 5.74) is 6.95. The second-order valence-corrected chi connectivity index (χ2v) is 12.6. The lowest BCUT2D eigenvalue weighted by molar-refractivity contribution is 0.669. The summed E-state index contributed by atoms with van der Waals surface area (Å²) in [7, 11) is 0. The van der Waals surface area contributed by atoms with Crippen molar-refractivity contribution < 1.29 is 16.8 Å². The lowest BCUT2D eigenvalue weighted by Gasteiger charge is -2.26. The summed E-state index contributed by atoms with van der Waals surface area (Å²) >= 11 is 0. The maximum Gasteiger partial charge on any atom is 0.136 e. The quantitative estimate of drug-likeness (QED) is 0.175. The maximum absolute atomic E-state index is 9.48. The summed E-state index contributed by atoms with van der Waals surface area (Å²) in [6.45, 7) is 0. The van der Waals surface area contributed by atoms with Crippen molar-refractivity contribution in [2.24, 2.45) is 0 Å². The first-order valence-corrected chi connectivity index (χ1v) is 17.0. The summed E-state index contributed by atoms with van der Waals surface area (Å²) in [4.78, 5) is 1.69. The van der Waals surface area contributed by atoms with Crippen molar-refractivity contribution in [3.63, 3.8) is 0 Å². The van der Waals surface area contributed by atoms with E-state index in [1.165, 1.54) is 0 Å². The summed E-state index contributed by atoms with van der Waals surface area (Å²) in [6.07, 6.45) is 0. The zero-order valence-corrected chi connectivity index (χ0v) is 27.7. The fourth-order valence-electron chi connectivity index (χ4n) is 7.09. The molecule has 2 nitrogen and oxygen atoms in total. The Morgan fingerprint density at radius 3 is 1.92 bits per heavy atom. The van der Waals surface area contributed by atoms with Crippen LogP contribution in [-0.2, 0) is 0 Å². The molecule has 0 N–H and O–H groups in total. The van der Waals surface area contributed by atoms with Crippen LogP contribution in [0.15, 0.2) is 204 Å². The number of hydrogen-bond donors (Lipinski definition) is 0. The SMILES string of the molecule is [2H]c1c([2H])c([2H])c(N(c2ccc(-c3cccc(-c4ccc5c([2H])c([2H])c6oc7cccc([2H])c7c6c5c4[2H])c3)cc2)c2ccc(-c3cccc4ccccc34)cc2)c([2H])c1[2H]. The molecule has 0 radical (unpaired) electrons. The Kier molecular flexibility index (Phi) is 5.28. The van der Waals surface area contributed by atoms with Crippen LogP contribution in [0.5, 0.6) is 0 Å². The molecule has 0 spiro atoms. The molecular weight excluding hydrogens is 631 g/mol. The zero-order valence-electron chi connectivity index (χ0n) is 36.7. The second kappa shape index (κ2) is 12.5. The van der Waals surface area contributed by atoms with Crippen molar-refractivity contribution in [2.45, 2.75) is 0 Å². The van der Waals surface area contributed by atoms with E-state index in [2.05, 4.69) is 24.3 Å². The minimum atomic E-state index is -0.465. The van der Waals surface area contributed by atoms with Crippen LogP contribution in [0.25, 0.3) is 76.9 Å². The van der Waals surface area contributed by atoms with Crippen LogP contribution in [0.4, 0.5) is 17.1 Å². The van der Waals surface area contributed by atoms with Gasteiger partial charge in [0.25, 0.3) is 0 Å². The van der Waals surface area contributed by atoms with Crippen LogP contribution in [-0.4, -0.2) is 0 Å². The van der Waals surface area contributed by atoms with Crippen LogP contribution in [0.3, 0.4) is 0 Å². The van der Waals surface area contributed by atoms with Crippen molar-refractivity contribution in [3.05, 3.63) is 200 Å². The first-order chi connectivity index (χ1) is 29.5. The van der Waals surface area contributed by atoms with Crippen molar-refractivity contribution >= 4 is 60.5 Å². The first-order valence-electron chi connectivity index (χ1n) is 21.5. The number of nitrogens with zero attached hydrogens (tertiary/aromatic N) is 1. The fourth-order valence-corrected chi connectivity index (χ4v) is 7.09. The number of rotatable bonds is 6. The van der Waals surface area contributed by atoms with Crippen LogP contribution in [0, 0.1) is 0 Å². The molecule has 1 aromatic heterocycles. The molecule has 9 aromatic carbocycles. The molecule has 0 amide bonds. The van der Waals surface area contributed by atoms with Gasteiger partial charge in [0, 0.05) is 27.8 Å². The standard InChI is InChI=1S/C50H33NO/c1-2-14-41(15-3-1)51(43-29-24-36(25-30-43)45-18-9-11-35-10-4-5-16-44(35)45)42-27-22-34(23-28-42)38-12-8-13-39(32-38)40-21-20-37-26-31-49-50(47(37)33-40)46-17-6-7-19-48(46)52-49/h1-33H/i1D,2D,3D,14D,15D,17D,26D,31D,33D. The van der Waals surface area contributed by atoms with Crippen LogP contribution in [0.1, 0.15) is 12.3 Å². The number of fused-ring (bicyclic) bond motifs is 6. The summed E-state index contributed by atoms with van der Waals surface area (Å²) in [5.74, 6) is 0. The number of para-hydroxylation sites is 2. The van der Waals surface area contributed by atoms with Crippen LogP contribution < -0.4 is 4.90 Å². The molecule has 0 atom stereocenters. The van der Waals surface area contributed by atoms with Crippen molar-refractivity contribution in [3.8, 4) is 33.4 Å². The number of furan rings is 1. The molecule has 0 unspecified atom stereocenters. The molecule has 10 aromatic rings. The Bertz CT molecular complexity index is 3380. The monoisotopic (exact) mass is 672 g/mol. The fraction of sp³-hybridized carbons (Fsp3) is 0. The average molecular weight is 673 g/mol. The zero-order chi connectivity index (χ0) is 42.3. The number of anilines is 3. The summed E-state index contributed by atoms with van der Waals surface area (Å²) < 4.78 is 84.7. The smallest absolute Gasteiger partial charge is 0.136 e. The predicted molar refractivity (Wildman–Crippen MR) is 220 cm³/mol. The molecule has 52 heavy (non-hydrogen) atoms. The second-order valence-electron chi connectivity index (χ2n) is 12.6. The summed E-state index contributed by atoms with van der Waals surface area (Å²) in [6, 6.07) is 44.4. The molecule has 0 bridgehead atoms. The lowest BCUT2D eigenvalue weighted by Crippen LogP contribution is -2.09. The Labute approximate surface area is 315 Å². The van der Waals surface area contributed by atoms with E-state index in [0.717, 1.165) is 38.6 Å². The highest BCUT2D eigenvalue weighted by Crippen LogP contribution is 2.39. The lowest BCUT2D eigenvalue weighted by atomic mass is 9.95. The third kappa shape index (κ3) is 5.21. The molecule has 0 saturated heterocycles. The van der Waals surface area contributed by atoms with Crippen molar-refractivity contribution in [1.82, 2.24) is 0 Å². The highest BCUT2D eigenvalue weighted by molar-refractivity contribution is 6.19. The van der Waals surface area contributed by atoms with E-state index < -0.39 is 18.1 Å². The first kappa shape index (κ1) is 22.0. The van der Waals surface area contributed by atoms with E-state index in [-0.39, 0.29) is 47.5 Å². The largest absolute Gasteiger partial charge is 0.456 e. The predicted octanol–water partition coefficient (Wildman–Crippen LogP) is 14.4. The maximum atomic E-state index is 9.48. The van der Waals surface area contributed by atoms with Gasteiger partial charge in [0.05, 0.1) is 12.3 Å². The Morgan fingerprint density at radius 2 is 1.10 bits per heavy atom. The molecule has 0 aliphatic heterocycles. The Balaban J connectivity index is 1.07. The molecule has 244 valence electrons. The van der Waals surface area contributed by atoms with Gasteiger partial charge in [-0.3, -0.25) is 0 Å². The third-order valence-electron chi connectivity index (χ3n) is 9.58. The van der Waals surface area contributed by atoms with Crippen molar-refractivity contribution in [2.75, 3.05) is 4.90 Å². The van der Waals surface area contributed by atoms with Gasteiger partial charge in [0.1, 0.15) is 11.2 Å². The number of hydrogen-bond acceptors (Lipinski definition) is 2. The van der Waals surface area contributed by atoms with Gasteiger partial charge in [-0.25, -0.2) is 0 Å². The van der Waals surface area contributed by atoms with Gasteiger partial charge in [-0.2, -0.15) is 0 Å². The van der Waals surface area contributed by atoms with Gasteiger partial charge >= 0.3 is 0 Å². The van der Waals surface area contributed by atoms with E-state index in [1.807, 2.05) is 91.0 Å². The van der Waals surface area contributed by atoms with Gasteiger partial charge in [-0.15, -0.1) is 0 Å². The minimum absolute atomic E-state index is 0.0309. The van der Waals surface area contributed by atoms with Gasteiger partial charge in [0.15, 0.2) is 0 Å². The van der Waals surface area contributed by atoms with Crippen molar-refractivity contribution in [1.29, 1.82) is 0 Å². The van der Waals surface area contributed by atoms with E-state index >= 15 is 0 Å². The Morgan fingerprint density at radius 1 is 0.404 bits per heavy atom. The van der Waals surface area contributed by atoms with E-state index in [0.29, 0.717) is 44.1 Å². The molecule has 1 heterocycles.